The summed E-state index contributed by atoms with van der Waals surface area (Å²) in [6.07, 6.45) is 3.94. The Kier molecular flexibility index (Phi) is 5.85. The molecule has 0 aromatic carbocycles. The quantitative estimate of drug-likeness (QED) is 0.628. The maximum absolute atomic E-state index is 12.7. The number of nitrogens with one attached hydrogen (secondary N) is 2. The van der Waals surface area contributed by atoms with E-state index in [1.165, 1.54) is 17.7 Å². The molecule has 26 heavy (non-hydrogen) atoms. The number of amides is 1. The summed E-state index contributed by atoms with van der Waals surface area (Å²) in [5.74, 6) is 1.41. The van der Waals surface area contributed by atoms with Gasteiger partial charge in [-0.25, -0.2) is 9.97 Å². The Hall–Kier alpha value is -2.45. The number of ether oxygens (including phenoxy) is 1. The van der Waals surface area contributed by atoms with Crippen molar-refractivity contribution in [1.29, 1.82) is 0 Å². The van der Waals surface area contributed by atoms with E-state index in [1.54, 1.807) is 13.4 Å². The van der Waals surface area contributed by atoms with Crippen molar-refractivity contribution in [2.45, 2.75) is 32.9 Å². The van der Waals surface area contributed by atoms with Gasteiger partial charge in [-0.15, -0.1) is 11.3 Å². The van der Waals surface area contributed by atoms with E-state index in [0.717, 1.165) is 28.0 Å². The van der Waals surface area contributed by atoms with Gasteiger partial charge in [-0.05, 0) is 31.0 Å². The molecule has 0 aliphatic rings. The predicted molar refractivity (Wildman–Crippen MR) is 102 cm³/mol. The molecule has 0 spiro atoms. The highest BCUT2D eigenvalue weighted by atomic mass is 32.1. The van der Waals surface area contributed by atoms with E-state index >= 15 is 0 Å². The number of hydrogen-bond donors (Lipinski definition) is 2. The average molecular weight is 374 g/mol. The number of anilines is 1. The molecule has 7 nitrogen and oxygen atoms in total. The van der Waals surface area contributed by atoms with E-state index in [9.17, 15) is 4.79 Å². The fourth-order valence-electron chi connectivity index (χ4n) is 2.72. The van der Waals surface area contributed by atoms with Gasteiger partial charge in [0, 0.05) is 7.11 Å². The Labute approximate surface area is 155 Å². The number of rotatable bonds is 8. The zero-order valence-corrected chi connectivity index (χ0v) is 15.9. The first-order valence-corrected chi connectivity index (χ1v) is 9.25. The number of fused-ring (bicyclic) bond motifs is 1. The van der Waals surface area contributed by atoms with Gasteiger partial charge in [0.05, 0.1) is 35.7 Å². The van der Waals surface area contributed by atoms with Crippen LogP contribution in [0, 0.1) is 6.92 Å². The second-order valence-electron chi connectivity index (χ2n) is 5.93. The Morgan fingerprint density at radius 3 is 2.96 bits per heavy atom. The van der Waals surface area contributed by atoms with Crippen LogP contribution >= 0.6 is 11.3 Å². The minimum Gasteiger partial charge on any atom is -0.467 e. The molecule has 8 heteroatoms. The van der Waals surface area contributed by atoms with E-state index in [1.807, 2.05) is 26.0 Å². The fourth-order valence-corrected chi connectivity index (χ4v) is 3.77. The molecule has 0 unspecified atom stereocenters. The number of hydrogen-bond acceptors (Lipinski definition) is 7. The smallest absolute Gasteiger partial charge is 0.262 e. The Balaban J connectivity index is 1.85. The van der Waals surface area contributed by atoms with Gasteiger partial charge in [0.2, 0.25) is 0 Å². The normalized spacial score (nSPS) is 12.3. The Bertz CT molecular complexity index is 876. The van der Waals surface area contributed by atoms with Gasteiger partial charge >= 0.3 is 0 Å². The SMILES string of the molecule is CC[C@H](COC)NC(=O)c1sc2ncnc(NCc3ccco3)c2c1C. The Morgan fingerprint density at radius 1 is 1.42 bits per heavy atom. The van der Waals surface area contributed by atoms with Gasteiger partial charge in [-0.2, -0.15) is 0 Å². The summed E-state index contributed by atoms with van der Waals surface area (Å²) in [5, 5.41) is 7.16. The molecule has 3 heterocycles. The lowest BCUT2D eigenvalue weighted by Gasteiger charge is -2.15. The van der Waals surface area contributed by atoms with Crippen LogP contribution in [-0.4, -0.2) is 35.6 Å². The summed E-state index contributed by atoms with van der Waals surface area (Å²) < 4.78 is 10.5. The molecule has 1 atom stereocenters. The van der Waals surface area contributed by atoms with E-state index in [4.69, 9.17) is 9.15 Å². The molecule has 0 saturated heterocycles. The van der Waals surface area contributed by atoms with Crippen molar-refractivity contribution in [1.82, 2.24) is 15.3 Å². The molecular weight excluding hydrogens is 352 g/mol. The number of nitrogens with zero attached hydrogens (tertiary/aromatic N) is 2. The van der Waals surface area contributed by atoms with E-state index in [-0.39, 0.29) is 11.9 Å². The van der Waals surface area contributed by atoms with Gasteiger partial charge in [-0.3, -0.25) is 4.79 Å². The summed E-state index contributed by atoms with van der Waals surface area (Å²) in [4.78, 5) is 22.8. The van der Waals surface area contributed by atoms with Gasteiger partial charge in [0.1, 0.15) is 22.7 Å². The van der Waals surface area contributed by atoms with Crippen LogP contribution in [0.15, 0.2) is 29.1 Å². The topological polar surface area (TPSA) is 89.3 Å². The van der Waals surface area contributed by atoms with Crippen molar-refractivity contribution in [2.75, 3.05) is 19.0 Å². The third-order valence-electron chi connectivity index (χ3n) is 4.14. The van der Waals surface area contributed by atoms with Crippen molar-refractivity contribution in [3.8, 4) is 0 Å². The third kappa shape index (κ3) is 3.86. The molecule has 1 amide bonds. The molecule has 3 aromatic rings. The molecule has 3 aromatic heterocycles. The number of thiophene rings is 1. The van der Waals surface area contributed by atoms with Crippen molar-refractivity contribution in [3.05, 3.63) is 40.9 Å². The van der Waals surface area contributed by atoms with Crippen molar-refractivity contribution in [2.24, 2.45) is 0 Å². The summed E-state index contributed by atoms with van der Waals surface area (Å²) in [7, 11) is 1.63. The van der Waals surface area contributed by atoms with E-state index in [0.29, 0.717) is 23.8 Å². The molecule has 2 N–H and O–H groups in total. The Morgan fingerprint density at radius 2 is 2.27 bits per heavy atom. The van der Waals surface area contributed by atoms with Crippen molar-refractivity contribution >= 4 is 33.3 Å². The summed E-state index contributed by atoms with van der Waals surface area (Å²) in [6.45, 7) is 4.94. The van der Waals surface area contributed by atoms with Gasteiger partial charge in [-0.1, -0.05) is 6.92 Å². The summed E-state index contributed by atoms with van der Waals surface area (Å²) in [5.41, 5.74) is 0.873. The lowest BCUT2D eigenvalue weighted by Crippen LogP contribution is -2.37. The number of aromatic nitrogens is 2. The largest absolute Gasteiger partial charge is 0.467 e. The first-order chi connectivity index (χ1) is 12.6. The zero-order valence-electron chi connectivity index (χ0n) is 15.0. The molecule has 0 aliphatic heterocycles. The minimum atomic E-state index is -0.105. The number of methoxy groups -OCH3 is 1. The molecule has 0 saturated carbocycles. The standard InChI is InChI=1S/C18H22N4O3S/c1-4-12(9-24-3)22-17(23)15-11(2)14-16(20-10-21-18(14)26-15)19-8-13-6-5-7-25-13/h5-7,10,12H,4,8-9H2,1-3H3,(H,22,23)(H,19,20,21)/t12-/m1/s1. The van der Waals surface area contributed by atoms with Crippen molar-refractivity contribution in [3.63, 3.8) is 0 Å². The monoisotopic (exact) mass is 374 g/mol. The fraction of sp³-hybridized carbons (Fsp3) is 0.389. The number of carbonyl (C=O) groups is 1. The molecule has 138 valence electrons. The third-order valence-corrected chi connectivity index (χ3v) is 5.34. The predicted octanol–water partition coefficient (Wildman–Crippen LogP) is 3.36. The average Bonchev–Trinajstić information content (AvgIpc) is 3.28. The van der Waals surface area contributed by atoms with Crippen LogP contribution in [0.3, 0.4) is 0 Å². The van der Waals surface area contributed by atoms with Crippen LogP contribution in [-0.2, 0) is 11.3 Å². The first-order valence-electron chi connectivity index (χ1n) is 8.44. The summed E-state index contributed by atoms with van der Waals surface area (Å²) in [6, 6.07) is 3.72. The van der Waals surface area contributed by atoms with Crippen LogP contribution in [0.25, 0.3) is 10.2 Å². The second kappa shape index (κ2) is 8.29. The highest BCUT2D eigenvalue weighted by Gasteiger charge is 2.21. The molecule has 0 bridgehead atoms. The number of carbonyl (C=O) groups excluding carboxylic acids is 1. The molecule has 0 aliphatic carbocycles. The van der Waals surface area contributed by atoms with Gasteiger partial charge in [0.25, 0.3) is 5.91 Å². The van der Waals surface area contributed by atoms with Crippen LogP contribution in [0.4, 0.5) is 5.82 Å². The maximum Gasteiger partial charge on any atom is 0.262 e. The highest BCUT2D eigenvalue weighted by molar-refractivity contribution is 7.20. The first kappa shape index (κ1) is 18.3. The molecule has 0 fully saturated rings. The molecule has 3 rings (SSSR count). The van der Waals surface area contributed by atoms with Crippen LogP contribution in [0.5, 0.6) is 0 Å². The number of furan rings is 1. The molecular formula is C18H22N4O3S. The lowest BCUT2D eigenvalue weighted by molar-refractivity contribution is 0.0898. The second-order valence-corrected chi connectivity index (χ2v) is 6.92. The van der Waals surface area contributed by atoms with Crippen LogP contribution in [0.1, 0.15) is 34.3 Å². The van der Waals surface area contributed by atoms with Gasteiger partial charge in [0.15, 0.2) is 0 Å². The summed E-state index contributed by atoms with van der Waals surface area (Å²) >= 11 is 1.37. The van der Waals surface area contributed by atoms with E-state index in [2.05, 4.69) is 20.6 Å². The zero-order chi connectivity index (χ0) is 18.5. The van der Waals surface area contributed by atoms with E-state index < -0.39 is 0 Å². The minimum absolute atomic E-state index is 0.0141. The molecule has 0 radical (unpaired) electrons. The van der Waals surface area contributed by atoms with Crippen molar-refractivity contribution < 1.29 is 13.9 Å². The van der Waals surface area contributed by atoms with Gasteiger partial charge < -0.3 is 19.8 Å². The van der Waals surface area contributed by atoms with Crippen LogP contribution in [0.2, 0.25) is 0 Å². The number of aryl methyl sites for hydroxylation is 1. The lowest BCUT2D eigenvalue weighted by atomic mass is 10.1. The van der Waals surface area contributed by atoms with Crippen LogP contribution < -0.4 is 10.6 Å². The maximum atomic E-state index is 12.7. The highest BCUT2D eigenvalue weighted by Crippen LogP contribution is 2.33.